The average molecular weight is 257 g/mol. The van der Waals surface area contributed by atoms with Gasteiger partial charge in [-0.05, 0) is 51.0 Å². The molecule has 1 unspecified atom stereocenters. The molecule has 3 heteroatoms. The Morgan fingerprint density at radius 3 is 2.63 bits per heavy atom. The van der Waals surface area contributed by atoms with E-state index in [4.69, 9.17) is 0 Å². The first-order valence-corrected chi connectivity index (χ1v) is 7.13. The molecule has 1 N–H and O–H groups in total. The van der Waals surface area contributed by atoms with Gasteiger partial charge in [0.15, 0.2) is 0 Å². The molecule has 1 heterocycles. The standard InChI is InChI=1S/C16H23N3/c1-19-9-7-14(8-10-19)12-18-13-16(11-17)15-5-3-2-4-6-15/h2-6,14,16,18H,7-10,12-13H2,1H3. The molecule has 102 valence electrons. The molecule has 0 bridgehead atoms. The molecular formula is C16H23N3. The Morgan fingerprint density at radius 2 is 2.00 bits per heavy atom. The van der Waals surface area contributed by atoms with Crippen molar-refractivity contribution in [3.63, 3.8) is 0 Å². The molecule has 1 fully saturated rings. The highest BCUT2D eigenvalue weighted by Gasteiger charge is 2.17. The Labute approximate surface area is 116 Å². The Balaban J connectivity index is 1.74. The highest BCUT2D eigenvalue weighted by Crippen LogP contribution is 2.16. The molecule has 1 aromatic carbocycles. The first kappa shape index (κ1) is 14.0. The number of hydrogen-bond donors (Lipinski definition) is 1. The number of nitrogens with one attached hydrogen (secondary N) is 1. The van der Waals surface area contributed by atoms with E-state index in [0.29, 0.717) is 0 Å². The predicted octanol–water partition coefficient (Wildman–Crippen LogP) is 2.23. The summed E-state index contributed by atoms with van der Waals surface area (Å²) in [6.45, 7) is 4.20. The molecule has 0 aliphatic carbocycles. The number of hydrogen-bond acceptors (Lipinski definition) is 3. The van der Waals surface area contributed by atoms with Gasteiger partial charge < -0.3 is 10.2 Å². The fourth-order valence-corrected chi connectivity index (χ4v) is 2.62. The summed E-state index contributed by atoms with van der Waals surface area (Å²) >= 11 is 0. The molecule has 0 spiro atoms. The summed E-state index contributed by atoms with van der Waals surface area (Å²) in [4.78, 5) is 2.39. The number of likely N-dealkylation sites (tertiary alicyclic amines) is 1. The highest BCUT2D eigenvalue weighted by atomic mass is 15.1. The van der Waals surface area contributed by atoms with E-state index in [-0.39, 0.29) is 5.92 Å². The van der Waals surface area contributed by atoms with Crippen molar-refractivity contribution in [1.82, 2.24) is 10.2 Å². The van der Waals surface area contributed by atoms with Crippen molar-refractivity contribution < 1.29 is 0 Å². The van der Waals surface area contributed by atoms with Gasteiger partial charge in [0.05, 0.1) is 12.0 Å². The smallest absolute Gasteiger partial charge is 0.0837 e. The maximum atomic E-state index is 9.25. The van der Waals surface area contributed by atoms with Crippen molar-refractivity contribution in [2.24, 2.45) is 5.92 Å². The van der Waals surface area contributed by atoms with Crippen LogP contribution in [-0.4, -0.2) is 38.1 Å². The Bertz CT molecular complexity index is 402. The van der Waals surface area contributed by atoms with E-state index in [1.54, 1.807) is 0 Å². The quantitative estimate of drug-likeness (QED) is 0.879. The van der Waals surface area contributed by atoms with Crippen LogP contribution in [0.15, 0.2) is 30.3 Å². The van der Waals surface area contributed by atoms with Crippen LogP contribution >= 0.6 is 0 Å². The molecule has 0 amide bonds. The lowest BCUT2D eigenvalue weighted by Gasteiger charge is -2.29. The van der Waals surface area contributed by atoms with Crippen LogP contribution in [0.4, 0.5) is 0 Å². The number of rotatable bonds is 5. The van der Waals surface area contributed by atoms with Crippen LogP contribution in [0.25, 0.3) is 0 Å². The maximum Gasteiger partial charge on any atom is 0.0837 e. The van der Waals surface area contributed by atoms with Crippen molar-refractivity contribution in [3.05, 3.63) is 35.9 Å². The van der Waals surface area contributed by atoms with Crippen LogP contribution in [-0.2, 0) is 0 Å². The van der Waals surface area contributed by atoms with Gasteiger partial charge in [0.2, 0.25) is 0 Å². The normalized spacial score (nSPS) is 18.9. The highest BCUT2D eigenvalue weighted by molar-refractivity contribution is 5.24. The zero-order valence-corrected chi connectivity index (χ0v) is 11.7. The van der Waals surface area contributed by atoms with Gasteiger partial charge in [0.25, 0.3) is 0 Å². The van der Waals surface area contributed by atoms with E-state index in [0.717, 1.165) is 24.6 Å². The second-order valence-corrected chi connectivity index (χ2v) is 5.50. The first-order chi connectivity index (χ1) is 9.29. The number of benzene rings is 1. The van der Waals surface area contributed by atoms with Crippen molar-refractivity contribution in [2.75, 3.05) is 33.2 Å². The van der Waals surface area contributed by atoms with Gasteiger partial charge in [-0.25, -0.2) is 0 Å². The fourth-order valence-electron chi connectivity index (χ4n) is 2.62. The van der Waals surface area contributed by atoms with Crippen LogP contribution in [0.1, 0.15) is 24.3 Å². The molecule has 1 aliphatic rings. The monoisotopic (exact) mass is 257 g/mol. The van der Waals surface area contributed by atoms with Gasteiger partial charge in [-0.3, -0.25) is 0 Å². The van der Waals surface area contributed by atoms with Crippen LogP contribution < -0.4 is 5.32 Å². The summed E-state index contributed by atoms with van der Waals surface area (Å²) in [7, 11) is 2.19. The molecule has 1 atom stereocenters. The van der Waals surface area contributed by atoms with Gasteiger partial charge in [-0.15, -0.1) is 0 Å². The molecule has 0 saturated carbocycles. The molecule has 1 aliphatic heterocycles. The number of nitrogens with zero attached hydrogens (tertiary/aromatic N) is 2. The predicted molar refractivity (Wildman–Crippen MR) is 77.9 cm³/mol. The van der Waals surface area contributed by atoms with Crippen molar-refractivity contribution in [3.8, 4) is 6.07 Å². The minimum absolute atomic E-state index is 0.0348. The molecule has 2 rings (SSSR count). The fraction of sp³-hybridized carbons (Fsp3) is 0.562. The summed E-state index contributed by atoms with van der Waals surface area (Å²) < 4.78 is 0. The second-order valence-electron chi connectivity index (χ2n) is 5.50. The van der Waals surface area contributed by atoms with Crippen LogP contribution in [0.5, 0.6) is 0 Å². The summed E-state index contributed by atoms with van der Waals surface area (Å²) in [6, 6.07) is 12.4. The largest absolute Gasteiger partial charge is 0.315 e. The van der Waals surface area contributed by atoms with Gasteiger partial charge in [0.1, 0.15) is 0 Å². The Kier molecular flexibility index (Phi) is 5.38. The SMILES string of the molecule is CN1CCC(CNCC(C#N)c2ccccc2)CC1. The molecule has 0 radical (unpaired) electrons. The van der Waals surface area contributed by atoms with Crippen LogP contribution in [0.3, 0.4) is 0 Å². The van der Waals surface area contributed by atoms with Gasteiger partial charge in [-0.1, -0.05) is 30.3 Å². The minimum atomic E-state index is -0.0348. The average Bonchev–Trinajstić information content (AvgIpc) is 2.46. The van der Waals surface area contributed by atoms with Gasteiger partial charge in [0, 0.05) is 6.54 Å². The van der Waals surface area contributed by atoms with E-state index < -0.39 is 0 Å². The molecule has 1 saturated heterocycles. The summed E-state index contributed by atoms with van der Waals surface area (Å²) in [5, 5.41) is 12.7. The lowest BCUT2D eigenvalue weighted by atomic mass is 9.96. The van der Waals surface area contributed by atoms with Crippen molar-refractivity contribution in [2.45, 2.75) is 18.8 Å². The second kappa shape index (κ2) is 7.28. The lowest BCUT2D eigenvalue weighted by molar-refractivity contribution is 0.216. The van der Waals surface area contributed by atoms with Crippen molar-refractivity contribution in [1.29, 1.82) is 5.26 Å². The van der Waals surface area contributed by atoms with E-state index in [2.05, 4.69) is 23.3 Å². The van der Waals surface area contributed by atoms with E-state index in [1.807, 2.05) is 30.3 Å². The van der Waals surface area contributed by atoms with Gasteiger partial charge in [-0.2, -0.15) is 5.26 Å². The molecule has 0 aromatic heterocycles. The van der Waals surface area contributed by atoms with Crippen LogP contribution in [0.2, 0.25) is 0 Å². The third-order valence-corrected chi connectivity index (χ3v) is 3.98. The molecule has 3 nitrogen and oxygen atoms in total. The van der Waals surface area contributed by atoms with Crippen molar-refractivity contribution >= 4 is 0 Å². The third-order valence-electron chi connectivity index (χ3n) is 3.98. The third kappa shape index (κ3) is 4.34. The van der Waals surface area contributed by atoms with E-state index >= 15 is 0 Å². The zero-order chi connectivity index (χ0) is 13.5. The lowest BCUT2D eigenvalue weighted by Crippen LogP contribution is -2.35. The molecule has 19 heavy (non-hydrogen) atoms. The molecular weight excluding hydrogens is 234 g/mol. The summed E-state index contributed by atoms with van der Waals surface area (Å²) in [5.41, 5.74) is 1.11. The van der Waals surface area contributed by atoms with Crippen LogP contribution in [0, 0.1) is 17.2 Å². The van der Waals surface area contributed by atoms with Gasteiger partial charge >= 0.3 is 0 Å². The topological polar surface area (TPSA) is 39.1 Å². The molecule has 1 aromatic rings. The number of piperidine rings is 1. The first-order valence-electron chi connectivity index (χ1n) is 7.13. The maximum absolute atomic E-state index is 9.25. The van der Waals surface area contributed by atoms with E-state index in [1.165, 1.54) is 25.9 Å². The Morgan fingerprint density at radius 1 is 1.32 bits per heavy atom. The number of nitriles is 1. The zero-order valence-electron chi connectivity index (χ0n) is 11.7. The van der Waals surface area contributed by atoms with E-state index in [9.17, 15) is 5.26 Å². The Hall–Kier alpha value is -1.37. The minimum Gasteiger partial charge on any atom is -0.315 e. The summed E-state index contributed by atoms with van der Waals surface area (Å²) in [5.74, 6) is 0.735. The summed E-state index contributed by atoms with van der Waals surface area (Å²) in [6.07, 6.45) is 2.54.